The van der Waals surface area contributed by atoms with Crippen LogP contribution in [0.3, 0.4) is 0 Å². The molecule has 0 aromatic carbocycles. The van der Waals surface area contributed by atoms with E-state index in [1.54, 1.807) is 0 Å². The molecule has 0 saturated carbocycles. The monoisotopic (exact) mass is 359 g/mol. The predicted molar refractivity (Wildman–Crippen MR) is 88.7 cm³/mol. The lowest BCUT2D eigenvalue weighted by atomic mass is 9.91. The number of urea groups is 1. The zero-order valence-corrected chi connectivity index (χ0v) is 14.8. The van der Waals surface area contributed by atoms with Gasteiger partial charge in [-0.2, -0.15) is 0 Å². The first-order chi connectivity index (χ1) is 10.6. The van der Waals surface area contributed by atoms with Crippen molar-refractivity contribution in [1.29, 1.82) is 0 Å². The van der Waals surface area contributed by atoms with E-state index >= 15 is 0 Å². The van der Waals surface area contributed by atoms with E-state index in [4.69, 9.17) is 0 Å². The van der Waals surface area contributed by atoms with Crippen molar-refractivity contribution >= 4 is 32.3 Å². The number of aromatic nitrogens is 1. The number of nitrogens with zero attached hydrogens (tertiary/aromatic N) is 1. The van der Waals surface area contributed by atoms with Gasteiger partial charge in [0.15, 0.2) is 15.0 Å². The first-order valence-electron chi connectivity index (χ1n) is 7.57. The summed E-state index contributed by atoms with van der Waals surface area (Å²) in [5, 5.41) is 15.9. The molecular weight excluding hydrogens is 338 g/mol. The van der Waals surface area contributed by atoms with Crippen molar-refractivity contribution < 1.29 is 18.3 Å². The van der Waals surface area contributed by atoms with Crippen LogP contribution in [-0.4, -0.2) is 48.2 Å². The number of aliphatic hydroxyl groups is 1. The van der Waals surface area contributed by atoms with E-state index in [1.165, 1.54) is 16.2 Å². The minimum absolute atomic E-state index is 0.0373. The Morgan fingerprint density at radius 1 is 1.39 bits per heavy atom. The molecule has 2 heterocycles. The Hall–Kier alpha value is -1.19. The third-order valence-corrected chi connectivity index (χ3v) is 7.31. The molecule has 7 nitrogen and oxygen atoms in total. The number of rotatable bonds is 3. The molecule has 1 aliphatic heterocycles. The van der Waals surface area contributed by atoms with Gasteiger partial charge >= 0.3 is 6.03 Å². The van der Waals surface area contributed by atoms with Gasteiger partial charge in [-0.3, -0.25) is 5.32 Å². The summed E-state index contributed by atoms with van der Waals surface area (Å²) in [6.07, 6.45) is 2.19. The minimum atomic E-state index is -3.20. The van der Waals surface area contributed by atoms with Crippen LogP contribution in [0.1, 0.15) is 37.3 Å². The second-order valence-electron chi connectivity index (χ2n) is 7.05. The highest BCUT2D eigenvalue weighted by atomic mass is 32.2. The second kappa shape index (κ2) is 5.42. The Labute approximate surface area is 139 Å². The van der Waals surface area contributed by atoms with Gasteiger partial charge in [-0.1, -0.05) is 13.8 Å². The van der Waals surface area contributed by atoms with Gasteiger partial charge in [0.05, 0.1) is 22.8 Å². The van der Waals surface area contributed by atoms with Crippen molar-refractivity contribution in [2.24, 2.45) is 0 Å². The first kappa shape index (κ1) is 16.7. The number of fused-ring (bicyclic) bond motifs is 1. The Morgan fingerprint density at radius 3 is 2.74 bits per heavy atom. The fraction of sp³-hybridized carbons (Fsp3) is 0.714. The normalized spacial score (nSPS) is 27.6. The maximum Gasteiger partial charge on any atom is 0.321 e. The Bertz CT molecular complexity index is 741. The van der Waals surface area contributed by atoms with Crippen LogP contribution in [0, 0.1) is 0 Å². The van der Waals surface area contributed by atoms with Gasteiger partial charge < -0.3 is 10.4 Å². The molecule has 3 rings (SSSR count). The van der Waals surface area contributed by atoms with E-state index in [-0.39, 0.29) is 29.9 Å². The van der Waals surface area contributed by atoms with Gasteiger partial charge in [-0.25, -0.2) is 18.2 Å². The average Bonchev–Trinajstić information content (AvgIpc) is 3.04. The number of anilines is 1. The molecular formula is C14H21N3O4S2. The van der Waals surface area contributed by atoms with Crippen molar-refractivity contribution in [2.75, 3.05) is 23.4 Å². The van der Waals surface area contributed by atoms with Crippen LogP contribution in [0.5, 0.6) is 0 Å². The van der Waals surface area contributed by atoms with Crippen molar-refractivity contribution in [1.82, 2.24) is 10.3 Å². The Balaban J connectivity index is 1.57. The quantitative estimate of drug-likeness (QED) is 0.747. The number of thiazole rings is 1. The molecule has 3 N–H and O–H groups in total. The third kappa shape index (κ3) is 3.51. The maximum absolute atomic E-state index is 11.9. The predicted octanol–water partition coefficient (Wildman–Crippen LogP) is 1.04. The number of nitrogens with one attached hydrogen (secondary N) is 2. The molecule has 23 heavy (non-hydrogen) atoms. The smallest absolute Gasteiger partial charge is 0.321 e. The Kier molecular flexibility index (Phi) is 3.93. The maximum atomic E-state index is 11.9. The number of carbonyl (C=O) groups excluding carboxylic acids is 1. The van der Waals surface area contributed by atoms with Crippen molar-refractivity contribution in [3.05, 3.63) is 10.6 Å². The SMILES string of the molecule is CC1(C)CCc2sc(NC(=O)NCC3(O)CCS(=O)(=O)C3)nc21. The highest BCUT2D eigenvalue weighted by Gasteiger charge is 2.40. The average molecular weight is 359 g/mol. The molecule has 1 aromatic heterocycles. The zero-order chi connectivity index (χ0) is 16.9. The minimum Gasteiger partial charge on any atom is -0.387 e. The molecule has 0 bridgehead atoms. The zero-order valence-electron chi connectivity index (χ0n) is 13.2. The molecule has 9 heteroatoms. The molecule has 1 aliphatic carbocycles. The standard InChI is InChI=1S/C14H21N3O4S2/c1-13(2)4-3-9-10(13)16-12(22-9)17-11(18)15-7-14(19)5-6-23(20,21)8-14/h19H,3-8H2,1-2H3,(H2,15,16,17,18). The van der Waals surface area contributed by atoms with Gasteiger partial charge in [-0.15, -0.1) is 11.3 Å². The summed E-state index contributed by atoms with van der Waals surface area (Å²) in [4.78, 5) is 17.6. The molecule has 1 unspecified atom stereocenters. The summed E-state index contributed by atoms with van der Waals surface area (Å²) in [6.45, 7) is 4.19. The molecule has 128 valence electrons. The summed E-state index contributed by atoms with van der Waals surface area (Å²) in [5.41, 5.74) is -0.295. The van der Waals surface area contributed by atoms with E-state index in [0.29, 0.717) is 5.13 Å². The number of sulfone groups is 1. The number of hydrogen-bond donors (Lipinski definition) is 3. The van der Waals surface area contributed by atoms with Crippen LogP contribution in [-0.2, 0) is 21.7 Å². The van der Waals surface area contributed by atoms with E-state index in [1.807, 2.05) is 0 Å². The molecule has 1 fully saturated rings. The van der Waals surface area contributed by atoms with Gasteiger partial charge in [0.25, 0.3) is 0 Å². The second-order valence-corrected chi connectivity index (χ2v) is 10.3. The largest absolute Gasteiger partial charge is 0.387 e. The molecule has 1 atom stereocenters. The summed E-state index contributed by atoms with van der Waals surface area (Å²) in [5.74, 6) is -0.346. The molecule has 0 spiro atoms. The lowest BCUT2D eigenvalue weighted by Gasteiger charge is -2.20. The Morgan fingerprint density at radius 2 is 2.13 bits per heavy atom. The van der Waals surface area contributed by atoms with Gasteiger partial charge in [-0.05, 0) is 19.3 Å². The number of carbonyl (C=O) groups is 1. The number of hydrogen-bond acceptors (Lipinski definition) is 6. The molecule has 1 aromatic rings. The van der Waals surface area contributed by atoms with Crippen LogP contribution in [0.15, 0.2) is 0 Å². The lowest BCUT2D eigenvalue weighted by Crippen LogP contribution is -2.45. The van der Waals surface area contributed by atoms with Crippen LogP contribution >= 0.6 is 11.3 Å². The van der Waals surface area contributed by atoms with Gasteiger partial charge in [0, 0.05) is 16.8 Å². The summed E-state index contributed by atoms with van der Waals surface area (Å²) >= 11 is 1.47. The van der Waals surface area contributed by atoms with Crippen LogP contribution in [0.2, 0.25) is 0 Å². The number of aryl methyl sites for hydroxylation is 1. The molecule has 2 aliphatic rings. The van der Waals surface area contributed by atoms with Crippen LogP contribution in [0.25, 0.3) is 0 Å². The highest BCUT2D eigenvalue weighted by Crippen LogP contribution is 2.42. The van der Waals surface area contributed by atoms with E-state index in [9.17, 15) is 18.3 Å². The van der Waals surface area contributed by atoms with Crippen molar-refractivity contribution in [2.45, 2.75) is 44.1 Å². The van der Waals surface area contributed by atoms with E-state index < -0.39 is 21.5 Å². The number of amides is 2. The van der Waals surface area contributed by atoms with Crippen molar-refractivity contribution in [3.8, 4) is 0 Å². The first-order valence-corrected chi connectivity index (χ1v) is 10.2. The highest BCUT2D eigenvalue weighted by molar-refractivity contribution is 7.91. The van der Waals surface area contributed by atoms with Crippen LogP contribution in [0.4, 0.5) is 9.93 Å². The summed E-state index contributed by atoms with van der Waals surface area (Å²) in [6, 6.07) is -0.479. The third-order valence-electron chi connectivity index (χ3n) is 4.48. The molecule has 0 radical (unpaired) electrons. The topological polar surface area (TPSA) is 108 Å². The van der Waals surface area contributed by atoms with E-state index in [0.717, 1.165) is 18.5 Å². The van der Waals surface area contributed by atoms with Gasteiger partial charge in [0.2, 0.25) is 0 Å². The fourth-order valence-electron chi connectivity index (χ4n) is 3.07. The fourth-order valence-corrected chi connectivity index (χ4v) is 6.11. The van der Waals surface area contributed by atoms with Crippen LogP contribution < -0.4 is 10.6 Å². The molecule has 1 saturated heterocycles. The van der Waals surface area contributed by atoms with Crippen molar-refractivity contribution in [3.63, 3.8) is 0 Å². The lowest BCUT2D eigenvalue weighted by molar-refractivity contribution is 0.0701. The summed E-state index contributed by atoms with van der Waals surface area (Å²) in [7, 11) is -3.20. The van der Waals surface area contributed by atoms with Gasteiger partial charge in [0.1, 0.15) is 0 Å². The van der Waals surface area contributed by atoms with E-state index in [2.05, 4.69) is 29.5 Å². The molecule has 2 amide bonds. The summed E-state index contributed by atoms with van der Waals surface area (Å²) < 4.78 is 22.9.